The molecule has 4 rings (SSSR count). The summed E-state index contributed by atoms with van der Waals surface area (Å²) in [5, 5.41) is 0. The Morgan fingerprint density at radius 1 is 1.03 bits per heavy atom. The van der Waals surface area contributed by atoms with E-state index >= 15 is 0 Å². The molecule has 0 radical (unpaired) electrons. The predicted octanol–water partition coefficient (Wildman–Crippen LogP) is 7.26. The molecule has 1 heterocycles. The number of cyclic esters (lactones) is 1. The van der Waals surface area contributed by atoms with Crippen LogP contribution in [0, 0.1) is 40.4 Å². The van der Waals surface area contributed by atoms with Crippen molar-refractivity contribution in [1.29, 1.82) is 0 Å². The van der Waals surface area contributed by atoms with Crippen LogP contribution in [-0.2, 0) is 19.1 Å². The highest BCUT2D eigenvalue weighted by Gasteiger charge is 2.62. The molecule has 192 valence electrons. The first-order valence-corrected chi connectivity index (χ1v) is 14.0. The Kier molecular flexibility index (Phi) is 7.03. The maximum atomic E-state index is 13.0. The molecule has 6 atom stereocenters. The zero-order chi connectivity index (χ0) is 24.9. The number of fused-ring (bicyclic) bond motifs is 4. The molecular weight excluding hydrogens is 424 g/mol. The molecule has 0 aromatic rings. The van der Waals surface area contributed by atoms with Crippen LogP contribution < -0.4 is 0 Å². The van der Waals surface area contributed by atoms with E-state index in [0.717, 1.165) is 51.4 Å². The van der Waals surface area contributed by atoms with Crippen LogP contribution in [0.1, 0.15) is 112 Å². The number of carbonyl (C=O) groups is 2. The SMILES string of the molecule is COC(=O)C(CCCC(C)C)C1CCC2(C)C3=C(CCC12C)C1CCC(=O)OC(C)(C)C1CC3. The first kappa shape index (κ1) is 25.8. The van der Waals surface area contributed by atoms with Crippen molar-refractivity contribution in [2.45, 2.75) is 118 Å². The zero-order valence-corrected chi connectivity index (χ0v) is 22.8. The van der Waals surface area contributed by atoms with Crippen LogP contribution in [0.3, 0.4) is 0 Å². The van der Waals surface area contributed by atoms with Crippen molar-refractivity contribution in [3.8, 4) is 0 Å². The molecule has 0 aromatic carbocycles. The molecule has 0 bridgehead atoms. The van der Waals surface area contributed by atoms with E-state index in [9.17, 15) is 9.59 Å². The molecule has 4 nitrogen and oxygen atoms in total. The van der Waals surface area contributed by atoms with Crippen LogP contribution in [0.25, 0.3) is 0 Å². The van der Waals surface area contributed by atoms with Crippen LogP contribution in [0.4, 0.5) is 0 Å². The van der Waals surface area contributed by atoms with Gasteiger partial charge in [-0.1, -0.05) is 51.7 Å². The van der Waals surface area contributed by atoms with Crippen molar-refractivity contribution < 1.29 is 19.1 Å². The average Bonchev–Trinajstić information content (AvgIpc) is 2.98. The lowest BCUT2D eigenvalue weighted by atomic mass is 9.49. The van der Waals surface area contributed by atoms with Gasteiger partial charge in [-0.05, 0) is 93.8 Å². The summed E-state index contributed by atoms with van der Waals surface area (Å²) in [5.74, 6) is 1.92. The van der Waals surface area contributed by atoms with E-state index in [0.29, 0.717) is 30.1 Å². The third kappa shape index (κ3) is 4.15. The van der Waals surface area contributed by atoms with E-state index in [1.54, 1.807) is 18.3 Å². The van der Waals surface area contributed by atoms with E-state index in [-0.39, 0.29) is 34.3 Å². The van der Waals surface area contributed by atoms with Gasteiger partial charge < -0.3 is 9.47 Å². The van der Waals surface area contributed by atoms with Gasteiger partial charge >= 0.3 is 11.9 Å². The van der Waals surface area contributed by atoms with Crippen LogP contribution >= 0.6 is 0 Å². The maximum absolute atomic E-state index is 13.0. The number of carbonyl (C=O) groups excluding carboxylic acids is 2. The Hall–Kier alpha value is -1.32. The van der Waals surface area contributed by atoms with Gasteiger partial charge in [-0.25, -0.2) is 0 Å². The topological polar surface area (TPSA) is 52.6 Å². The normalized spacial score (nSPS) is 37.9. The Morgan fingerprint density at radius 3 is 2.44 bits per heavy atom. The fourth-order valence-electron chi connectivity index (χ4n) is 8.83. The minimum atomic E-state index is -0.386. The lowest BCUT2D eigenvalue weighted by molar-refractivity contribution is -0.160. The first-order chi connectivity index (χ1) is 15.9. The second kappa shape index (κ2) is 9.28. The zero-order valence-electron chi connectivity index (χ0n) is 22.8. The fraction of sp³-hybridized carbons (Fsp3) is 0.867. The highest BCUT2D eigenvalue weighted by Crippen LogP contribution is 2.70. The van der Waals surface area contributed by atoms with Gasteiger partial charge in [0.2, 0.25) is 0 Å². The molecule has 2 fully saturated rings. The molecule has 1 saturated carbocycles. The molecule has 0 aromatic heterocycles. The predicted molar refractivity (Wildman–Crippen MR) is 135 cm³/mol. The van der Waals surface area contributed by atoms with Gasteiger partial charge in [-0.2, -0.15) is 0 Å². The number of methoxy groups -OCH3 is 1. The van der Waals surface area contributed by atoms with Gasteiger partial charge in [0, 0.05) is 12.3 Å². The number of hydrogen-bond acceptors (Lipinski definition) is 4. The molecule has 6 unspecified atom stereocenters. The Balaban J connectivity index is 1.65. The molecule has 0 spiro atoms. The van der Waals surface area contributed by atoms with E-state index in [1.807, 2.05) is 0 Å². The number of ether oxygens (including phenoxy) is 2. The van der Waals surface area contributed by atoms with Gasteiger partial charge in [-0.15, -0.1) is 0 Å². The van der Waals surface area contributed by atoms with Gasteiger partial charge in [0.15, 0.2) is 0 Å². The highest BCUT2D eigenvalue weighted by atomic mass is 16.6. The standard InChI is InChI=1S/C30H48O4/c1-19(2)9-8-10-22(27(32)33-7)25-16-18-30(6)24-13-12-23-20(21(24)15-17-29(25,30)5)11-14-26(31)34-28(23,3)4/h19-20,22-23,25H,8-18H2,1-7H3. The molecule has 34 heavy (non-hydrogen) atoms. The minimum Gasteiger partial charge on any atom is -0.469 e. The Bertz CT molecular complexity index is 839. The third-order valence-corrected chi connectivity index (χ3v) is 10.9. The van der Waals surface area contributed by atoms with Crippen molar-refractivity contribution >= 4 is 11.9 Å². The van der Waals surface area contributed by atoms with Crippen LogP contribution in [0.2, 0.25) is 0 Å². The average molecular weight is 473 g/mol. The van der Waals surface area contributed by atoms with Crippen molar-refractivity contribution in [3.05, 3.63) is 11.1 Å². The molecular formula is C30H48O4. The summed E-state index contributed by atoms with van der Waals surface area (Å²) in [7, 11) is 1.56. The first-order valence-electron chi connectivity index (χ1n) is 14.0. The van der Waals surface area contributed by atoms with E-state index in [2.05, 4.69) is 41.5 Å². The van der Waals surface area contributed by atoms with Crippen LogP contribution in [-0.4, -0.2) is 24.6 Å². The third-order valence-electron chi connectivity index (χ3n) is 10.9. The molecule has 4 aliphatic rings. The van der Waals surface area contributed by atoms with Gasteiger partial charge in [0.05, 0.1) is 13.0 Å². The van der Waals surface area contributed by atoms with Crippen molar-refractivity contribution in [2.75, 3.05) is 7.11 Å². The fourth-order valence-corrected chi connectivity index (χ4v) is 8.83. The van der Waals surface area contributed by atoms with Crippen molar-refractivity contribution in [3.63, 3.8) is 0 Å². The quantitative estimate of drug-likeness (QED) is 0.302. The molecule has 1 aliphatic heterocycles. The number of allylic oxidation sites excluding steroid dienone is 2. The molecule has 3 aliphatic carbocycles. The summed E-state index contributed by atoms with van der Waals surface area (Å²) in [6.45, 7) is 13.8. The summed E-state index contributed by atoms with van der Waals surface area (Å²) in [5.41, 5.74) is 3.21. The van der Waals surface area contributed by atoms with Crippen LogP contribution in [0.5, 0.6) is 0 Å². The summed E-state index contributed by atoms with van der Waals surface area (Å²) < 4.78 is 11.3. The lowest BCUT2D eigenvalue weighted by Gasteiger charge is -2.55. The second-order valence-corrected chi connectivity index (χ2v) is 13.2. The van der Waals surface area contributed by atoms with Crippen molar-refractivity contribution in [2.24, 2.45) is 40.4 Å². The molecule has 1 saturated heterocycles. The molecule has 4 heteroatoms. The summed E-state index contributed by atoms with van der Waals surface area (Å²) >= 11 is 0. The highest BCUT2D eigenvalue weighted by molar-refractivity contribution is 5.73. The van der Waals surface area contributed by atoms with Gasteiger partial charge in [0.1, 0.15) is 5.60 Å². The number of esters is 2. The molecule has 0 N–H and O–H groups in total. The maximum Gasteiger partial charge on any atom is 0.308 e. The Morgan fingerprint density at radius 2 is 1.76 bits per heavy atom. The minimum absolute atomic E-state index is 0.00361. The lowest BCUT2D eigenvalue weighted by Crippen LogP contribution is -2.49. The van der Waals surface area contributed by atoms with Gasteiger partial charge in [-0.3, -0.25) is 9.59 Å². The smallest absolute Gasteiger partial charge is 0.308 e. The van der Waals surface area contributed by atoms with E-state index in [1.165, 1.54) is 12.8 Å². The van der Waals surface area contributed by atoms with E-state index in [4.69, 9.17) is 9.47 Å². The van der Waals surface area contributed by atoms with E-state index < -0.39 is 0 Å². The summed E-state index contributed by atoms with van der Waals surface area (Å²) in [6.07, 6.45) is 11.5. The molecule has 0 amide bonds. The van der Waals surface area contributed by atoms with Crippen molar-refractivity contribution in [1.82, 2.24) is 0 Å². The second-order valence-electron chi connectivity index (χ2n) is 13.2. The monoisotopic (exact) mass is 472 g/mol. The summed E-state index contributed by atoms with van der Waals surface area (Å²) in [6, 6.07) is 0. The summed E-state index contributed by atoms with van der Waals surface area (Å²) in [4.78, 5) is 25.4. The van der Waals surface area contributed by atoms with Gasteiger partial charge in [0.25, 0.3) is 0 Å². The van der Waals surface area contributed by atoms with Crippen LogP contribution in [0.15, 0.2) is 11.1 Å². The number of rotatable bonds is 6. The Labute approximate surface area is 207 Å². The largest absolute Gasteiger partial charge is 0.469 e. The number of hydrogen-bond donors (Lipinski definition) is 0.